The molecule has 4 heterocycles. The van der Waals surface area contributed by atoms with E-state index in [2.05, 4.69) is 178 Å². The summed E-state index contributed by atoms with van der Waals surface area (Å²) in [6.07, 6.45) is 26.8. The van der Waals surface area contributed by atoms with E-state index in [0.717, 1.165) is 13.1 Å². The molecule has 358 valence electrons. The summed E-state index contributed by atoms with van der Waals surface area (Å²) in [5.41, 5.74) is 12.9. The minimum absolute atomic E-state index is 1.03. The SMILES string of the molecule is CCCCCCCCCCCCn1c2ccc(-n3c4ccccc4c4ccccc43)cc2c2cc3c(cc21)c1cc(-n2c4ccccc4c4ccccc42)ccc1n3CCCCCCCCCCCC. The first-order chi connectivity index (χ1) is 34.7. The van der Waals surface area contributed by atoms with Crippen molar-refractivity contribution in [3.63, 3.8) is 0 Å². The predicted octanol–water partition coefficient (Wildman–Crippen LogP) is 19.9. The lowest BCUT2D eigenvalue weighted by Gasteiger charge is -2.10. The number of hydrogen-bond acceptors (Lipinski definition) is 0. The molecule has 0 unspecified atom stereocenters. The minimum Gasteiger partial charge on any atom is -0.340 e. The second-order valence-corrected chi connectivity index (χ2v) is 20.7. The largest absolute Gasteiger partial charge is 0.340 e. The molecule has 0 saturated heterocycles. The van der Waals surface area contributed by atoms with Gasteiger partial charge in [-0.05, 0) is 85.6 Å². The fourth-order valence-corrected chi connectivity index (χ4v) is 12.3. The van der Waals surface area contributed by atoms with Crippen LogP contribution in [0.5, 0.6) is 0 Å². The van der Waals surface area contributed by atoms with E-state index in [1.807, 2.05) is 0 Å². The van der Waals surface area contributed by atoms with Crippen molar-refractivity contribution >= 4 is 87.2 Å². The van der Waals surface area contributed by atoms with Crippen molar-refractivity contribution in [2.75, 3.05) is 0 Å². The average Bonchev–Trinajstić information content (AvgIpc) is 4.11. The molecule has 0 aliphatic carbocycles. The number of unbranched alkanes of at least 4 members (excludes halogenated alkanes) is 18. The van der Waals surface area contributed by atoms with Gasteiger partial charge in [0.15, 0.2) is 0 Å². The van der Waals surface area contributed by atoms with Gasteiger partial charge in [-0.2, -0.15) is 0 Å². The third-order valence-electron chi connectivity index (χ3n) is 16.0. The standard InChI is InChI=1S/C66H74N4/c1-3-5-7-9-11-13-15-17-19-29-43-67-59-41-39-49(69-61-35-25-21-31-51(61)52-32-22-26-36-62(52)69)45-55(59)57-48-66-58(47-65(57)67)56-46-50(70-63-37-27-23-33-53(63)54-34-24-28-38-64(54)70)40-42-60(56)68(66)44-30-20-18-16-14-12-10-8-6-4-2/h21-28,31-42,45-48H,3-20,29-30,43-44H2,1-2H3. The molecule has 11 aromatic rings. The summed E-state index contributed by atoms with van der Waals surface area (Å²) in [5, 5.41) is 10.7. The zero-order valence-electron chi connectivity index (χ0n) is 42.2. The van der Waals surface area contributed by atoms with Gasteiger partial charge in [0.25, 0.3) is 0 Å². The molecule has 0 spiro atoms. The van der Waals surface area contributed by atoms with E-state index in [9.17, 15) is 0 Å². The summed E-state index contributed by atoms with van der Waals surface area (Å²) >= 11 is 0. The quantitative estimate of drug-likeness (QED) is 0.0538. The van der Waals surface area contributed by atoms with Crippen LogP contribution in [0.25, 0.3) is 98.6 Å². The number of hydrogen-bond donors (Lipinski definition) is 0. The molecule has 0 amide bonds. The van der Waals surface area contributed by atoms with E-state index in [4.69, 9.17) is 0 Å². The van der Waals surface area contributed by atoms with Crippen LogP contribution in [-0.2, 0) is 13.1 Å². The van der Waals surface area contributed by atoms with Gasteiger partial charge in [-0.3, -0.25) is 0 Å². The number of para-hydroxylation sites is 4. The second kappa shape index (κ2) is 21.4. The van der Waals surface area contributed by atoms with Crippen molar-refractivity contribution in [2.24, 2.45) is 0 Å². The van der Waals surface area contributed by atoms with Crippen LogP contribution >= 0.6 is 0 Å². The highest BCUT2D eigenvalue weighted by atomic mass is 15.0. The van der Waals surface area contributed by atoms with Gasteiger partial charge < -0.3 is 18.3 Å². The Hall–Kier alpha value is -6.26. The summed E-state index contributed by atoms with van der Waals surface area (Å²) in [6, 6.07) is 55.6. The lowest BCUT2D eigenvalue weighted by atomic mass is 10.1. The topological polar surface area (TPSA) is 19.7 Å². The highest BCUT2D eigenvalue weighted by Crippen LogP contribution is 2.41. The lowest BCUT2D eigenvalue weighted by Crippen LogP contribution is -1.99. The molecule has 7 aromatic carbocycles. The maximum Gasteiger partial charge on any atom is 0.0541 e. The zero-order valence-corrected chi connectivity index (χ0v) is 42.2. The molecule has 4 heteroatoms. The number of fused-ring (bicyclic) bond motifs is 12. The van der Waals surface area contributed by atoms with Crippen molar-refractivity contribution in [3.05, 3.63) is 146 Å². The molecule has 70 heavy (non-hydrogen) atoms. The number of rotatable bonds is 24. The Morgan fingerprint density at radius 1 is 0.243 bits per heavy atom. The van der Waals surface area contributed by atoms with Gasteiger partial charge in [-0.15, -0.1) is 0 Å². The van der Waals surface area contributed by atoms with E-state index in [1.165, 1.54) is 227 Å². The van der Waals surface area contributed by atoms with Crippen molar-refractivity contribution < 1.29 is 0 Å². The van der Waals surface area contributed by atoms with Crippen molar-refractivity contribution in [1.29, 1.82) is 0 Å². The van der Waals surface area contributed by atoms with Crippen LogP contribution in [0.15, 0.2) is 146 Å². The molecule has 0 fully saturated rings. The van der Waals surface area contributed by atoms with Crippen LogP contribution in [0.4, 0.5) is 0 Å². The molecule has 0 atom stereocenters. The monoisotopic (exact) mass is 923 g/mol. The third kappa shape index (κ3) is 8.93. The molecule has 4 aromatic heterocycles. The molecule has 0 aliphatic heterocycles. The van der Waals surface area contributed by atoms with Gasteiger partial charge in [0.05, 0.1) is 22.1 Å². The summed E-state index contributed by atoms with van der Waals surface area (Å²) in [7, 11) is 0. The minimum atomic E-state index is 1.03. The molecule has 0 saturated carbocycles. The first-order valence-corrected chi connectivity index (χ1v) is 27.7. The molecule has 0 N–H and O–H groups in total. The summed E-state index contributed by atoms with van der Waals surface area (Å²) in [4.78, 5) is 0. The van der Waals surface area contributed by atoms with Gasteiger partial charge in [-0.1, -0.05) is 202 Å². The predicted molar refractivity (Wildman–Crippen MR) is 305 cm³/mol. The maximum atomic E-state index is 2.69. The Morgan fingerprint density at radius 3 is 0.857 bits per heavy atom. The molecular formula is C66H74N4. The Kier molecular flexibility index (Phi) is 14.1. The van der Waals surface area contributed by atoms with E-state index in [-0.39, 0.29) is 0 Å². The van der Waals surface area contributed by atoms with Crippen LogP contribution in [0.2, 0.25) is 0 Å². The average molecular weight is 923 g/mol. The molecule has 4 nitrogen and oxygen atoms in total. The Bertz CT molecular complexity index is 3210. The van der Waals surface area contributed by atoms with Crippen LogP contribution in [-0.4, -0.2) is 18.3 Å². The number of benzene rings is 7. The Morgan fingerprint density at radius 2 is 0.529 bits per heavy atom. The van der Waals surface area contributed by atoms with Crippen LogP contribution in [0.3, 0.4) is 0 Å². The van der Waals surface area contributed by atoms with Gasteiger partial charge >= 0.3 is 0 Å². The van der Waals surface area contributed by atoms with E-state index in [0.29, 0.717) is 0 Å². The highest BCUT2D eigenvalue weighted by molar-refractivity contribution is 6.19. The normalized spacial score (nSPS) is 12.3. The molecule has 0 bridgehead atoms. The fourth-order valence-electron chi connectivity index (χ4n) is 12.3. The molecule has 0 aliphatic rings. The molecule has 0 radical (unpaired) electrons. The fraction of sp³-hybridized carbons (Fsp3) is 0.364. The third-order valence-corrected chi connectivity index (χ3v) is 16.0. The zero-order chi connectivity index (χ0) is 47.2. The van der Waals surface area contributed by atoms with Crippen LogP contribution < -0.4 is 0 Å². The van der Waals surface area contributed by atoms with Crippen LogP contribution in [0, 0.1) is 0 Å². The number of aromatic nitrogens is 4. The second-order valence-electron chi connectivity index (χ2n) is 20.7. The first-order valence-electron chi connectivity index (χ1n) is 27.7. The van der Waals surface area contributed by atoms with Gasteiger partial charge in [-0.25, -0.2) is 0 Å². The Balaban J connectivity index is 1.02. The van der Waals surface area contributed by atoms with E-state index < -0.39 is 0 Å². The van der Waals surface area contributed by atoms with Crippen molar-refractivity contribution in [3.8, 4) is 11.4 Å². The maximum absolute atomic E-state index is 2.69. The molecule has 11 rings (SSSR count). The summed E-state index contributed by atoms with van der Waals surface area (Å²) in [5.74, 6) is 0. The molecular weight excluding hydrogens is 849 g/mol. The lowest BCUT2D eigenvalue weighted by molar-refractivity contribution is 0.541. The smallest absolute Gasteiger partial charge is 0.0541 e. The van der Waals surface area contributed by atoms with E-state index >= 15 is 0 Å². The number of nitrogens with zero attached hydrogens (tertiary/aromatic N) is 4. The summed E-state index contributed by atoms with van der Waals surface area (Å²) < 4.78 is 10.4. The first kappa shape index (κ1) is 46.1. The van der Waals surface area contributed by atoms with Crippen molar-refractivity contribution in [2.45, 2.75) is 155 Å². The van der Waals surface area contributed by atoms with Crippen LogP contribution in [0.1, 0.15) is 142 Å². The van der Waals surface area contributed by atoms with Gasteiger partial charge in [0, 0.05) is 89.6 Å². The Labute approximate surface area is 415 Å². The number of aryl methyl sites for hydroxylation is 2. The summed E-state index contributed by atoms with van der Waals surface area (Å²) in [6.45, 7) is 6.68. The van der Waals surface area contributed by atoms with Gasteiger partial charge in [0.1, 0.15) is 0 Å². The van der Waals surface area contributed by atoms with Crippen molar-refractivity contribution in [1.82, 2.24) is 18.3 Å². The van der Waals surface area contributed by atoms with E-state index in [1.54, 1.807) is 0 Å². The highest BCUT2D eigenvalue weighted by Gasteiger charge is 2.21. The van der Waals surface area contributed by atoms with Gasteiger partial charge in [0.2, 0.25) is 0 Å².